The Bertz CT molecular complexity index is 509. The Labute approximate surface area is 125 Å². The smallest absolute Gasteiger partial charge is 0.418 e. The Balaban J connectivity index is 2.80. The van der Waals surface area contributed by atoms with Gasteiger partial charge < -0.3 is 15.8 Å². The van der Waals surface area contributed by atoms with Crippen molar-refractivity contribution in [3.63, 3.8) is 0 Å². The number of rotatable bonds is 3. The van der Waals surface area contributed by atoms with Crippen molar-refractivity contribution in [1.82, 2.24) is 4.90 Å². The molecule has 3 N–H and O–H groups in total. The maximum Gasteiger partial charge on any atom is 0.418 e. The second-order valence-electron chi connectivity index (χ2n) is 5.72. The summed E-state index contributed by atoms with van der Waals surface area (Å²) in [5, 5.41) is 2.66. The molecule has 6 heteroatoms. The van der Waals surface area contributed by atoms with E-state index in [0.717, 1.165) is 10.5 Å². The van der Waals surface area contributed by atoms with Crippen LogP contribution in [-0.4, -0.2) is 35.7 Å². The number of urea groups is 1. The molecule has 0 fully saturated rings. The number of anilines is 1. The molecule has 116 valence electrons. The van der Waals surface area contributed by atoms with Crippen LogP contribution in [0.5, 0.6) is 0 Å². The van der Waals surface area contributed by atoms with Gasteiger partial charge in [-0.05, 0) is 45.4 Å². The van der Waals surface area contributed by atoms with Crippen LogP contribution in [0.2, 0.25) is 0 Å². The fourth-order valence-electron chi connectivity index (χ4n) is 1.64. The Kier molecular flexibility index (Phi) is 5.72. The highest BCUT2D eigenvalue weighted by molar-refractivity contribution is 5.99. The summed E-state index contributed by atoms with van der Waals surface area (Å²) in [6, 6.07) is 6.75. The zero-order valence-corrected chi connectivity index (χ0v) is 13.0. The minimum Gasteiger partial charge on any atom is -0.443 e. The number of imide groups is 1. The molecule has 0 spiro atoms. The van der Waals surface area contributed by atoms with Crippen LogP contribution in [0.15, 0.2) is 24.3 Å². The molecule has 0 bridgehead atoms. The van der Waals surface area contributed by atoms with Crippen molar-refractivity contribution in [3.05, 3.63) is 29.8 Å². The average molecular weight is 293 g/mol. The van der Waals surface area contributed by atoms with Gasteiger partial charge in [0.25, 0.3) is 0 Å². The van der Waals surface area contributed by atoms with Crippen LogP contribution in [0.4, 0.5) is 15.3 Å². The SMILES string of the molecule is Cc1cccc(NC(=O)N(CCN)C(=O)OC(C)(C)C)c1. The summed E-state index contributed by atoms with van der Waals surface area (Å²) in [7, 11) is 0. The van der Waals surface area contributed by atoms with Crippen molar-refractivity contribution >= 4 is 17.8 Å². The number of ether oxygens (including phenoxy) is 1. The Morgan fingerprint density at radius 1 is 1.33 bits per heavy atom. The van der Waals surface area contributed by atoms with E-state index < -0.39 is 17.7 Å². The average Bonchev–Trinajstić information content (AvgIpc) is 2.33. The summed E-state index contributed by atoms with van der Waals surface area (Å²) in [6.07, 6.45) is -0.710. The number of benzene rings is 1. The third kappa shape index (κ3) is 5.83. The molecule has 6 nitrogen and oxygen atoms in total. The normalized spacial score (nSPS) is 10.9. The molecule has 0 heterocycles. The Morgan fingerprint density at radius 2 is 2.00 bits per heavy atom. The number of carbonyl (C=O) groups is 2. The van der Waals surface area contributed by atoms with Crippen LogP contribution in [0.1, 0.15) is 26.3 Å². The molecular weight excluding hydrogens is 270 g/mol. The van der Waals surface area contributed by atoms with Crippen molar-refractivity contribution < 1.29 is 14.3 Å². The van der Waals surface area contributed by atoms with Crippen molar-refractivity contribution in [2.45, 2.75) is 33.3 Å². The first-order chi connectivity index (χ1) is 9.73. The molecule has 0 aliphatic carbocycles. The van der Waals surface area contributed by atoms with Gasteiger partial charge in [-0.2, -0.15) is 0 Å². The molecule has 0 radical (unpaired) electrons. The standard InChI is InChI=1S/C15H23N3O3/c1-11-6-5-7-12(10-11)17-13(19)18(9-8-16)14(20)21-15(2,3)4/h5-7,10H,8-9,16H2,1-4H3,(H,17,19). The van der Waals surface area contributed by atoms with Crippen LogP contribution in [0.25, 0.3) is 0 Å². The first kappa shape index (κ1) is 17.0. The number of hydrogen-bond acceptors (Lipinski definition) is 4. The number of nitrogens with zero attached hydrogens (tertiary/aromatic N) is 1. The van der Waals surface area contributed by atoms with Gasteiger partial charge in [0.15, 0.2) is 0 Å². The van der Waals surface area contributed by atoms with E-state index in [1.54, 1.807) is 26.8 Å². The second-order valence-corrected chi connectivity index (χ2v) is 5.72. The van der Waals surface area contributed by atoms with Crippen molar-refractivity contribution in [2.24, 2.45) is 5.73 Å². The number of nitrogens with one attached hydrogen (secondary N) is 1. The van der Waals surface area contributed by atoms with Crippen LogP contribution in [0, 0.1) is 6.92 Å². The lowest BCUT2D eigenvalue weighted by Gasteiger charge is -2.26. The lowest BCUT2D eigenvalue weighted by atomic mass is 10.2. The quantitative estimate of drug-likeness (QED) is 0.897. The summed E-state index contributed by atoms with van der Waals surface area (Å²) in [4.78, 5) is 25.2. The highest BCUT2D eigenvalue weighted by atomic mass is 16.6. The minimum absolute atomic E-state index is 0.0898. The first-order valence-electron chi connectivity index (χ1n) is 6.81. The van der Waals surface area contributed by atoms with E-state index in [9.17, 15) is 9.59 Å². The largest absolute Gasteiger partial charge is 0.443 e. The molecular formula is C15H23N3O3. The van der Waals surface area contributed by atoms with Gasteiger partial charge in [-0.15, -0.1) is 0 Å². The number of aryl methyl sites for hydroxylation is 1. The van der Waals surface area contributed by atoms with Gasteiger partial charge in [-0.25, -0.2) is 14.5 Å². The molecule has 21 heavy (non-hydrogen) atoms. The van der Waals surface area contributed by atoms with Crippen molar-refractivity contribution in [3.8, 4) is 0 Å². The third-order valence-electron chi connectivity index (χ3n) is 2.48. The van der Waals surface area contributed by atoms with E-state index >= 15 is 0 Å². The summed E-state index contributed by atoms with van der Waals surface area (Å²) in [5.41, 5.74) is 6.41. The Hall–Kier alpha value is -2.08. The van der Waals surface area contributed by atoms with Gasteiger partial charge in [0.05, 0.1) is 0 Å². The monoisotopic (exact) mass is 293 g/mol. The molecule has 1 aromatic rings. The lowest BCUT2D eigenvalue weighted by Crippen LogP contribution is -2.45. The first-order valence-corrected chi connectivity index (χ1v) is 6.81. The van der Waals surface area contributed by atoms with E-state index in [4.69, 9.17) is 10.5 Å². The topological polar surface area (TPSA) is 84.7 Å². The maximum atomic E-state index is 12.2. The van der Waals surface area contributed by atoms with E-state index in [1.807, 2.05) is 25.1 Å². The fraction of sp³-hybridized carbons (Fsp3) is 0.467. The van der Waals surface area contributed by atoms with Crippen molar-refractivity contribution in [2.75, 3.05) is 18.4 Å². The predicted molar refractivity (Wildman–Crippen MR) is 82.2 cm³/mol. The van der Waals surface area contributed by atoms with Gasteiger partial charge in [0, 0.05) is 18.8 Å². The summed E-state index contributed by atoms with van der Waals surface area (Å²) in [5.74, 6) is 0. The van der Waals surface area contributed by atoms with Crippen LogP contribution in [-0.2, 0) is 4.74 Å². The van der Waals surface area contributed by atoms with Gasteiger partial charge in [-0.1, -0.05) is 12.1 Å². The number of hydrogen-bond donors (Lipinski definition) is 2. The maximum absolute atomic E-state index is 12.2. The summed E-state index contributed by atoms with van der Waals surface area (Å²) in [6.45, 7) is 7.40. The molecule has 3 amide bonds. The lowest BCUT2D eigenvalue weighted by molar-refractivity contribution is 0.0337. The summed E-state index contributed by atoms with van der Waals surface area (Å²) >= 11 is 0. The fourth-order valence-corrected chi connectivity index (χ4v) is 1.64. The highest BCUT2D eigenvalue weighted by Gasteiger charge is 2.26. The molecule has 0 aromatic heterocycles. The number of amides is 3. The minimum atomic E-state index is -0.710. The highest BCUT2D eigenvalue weighted by Crippen LogP contribution is 2.13. The number of carbonyl (C=O) groups excluding carboxylic acids is 2. The number of nitrogens with two attached hydrogens (primary N) is 1. The van der Waals surface area contributed by atoms with E-state index in [2.05, 4.69) is 5.32 Å². The molecule has 0 aliphatic rings. The van der Waals surface area contributed by atoms with E-state index in [-0.39, 0.29) is 13.1 Å². The van der Waals surface area contributed by atoms with Crippen LogP contribution >= 0.6 is 0 Å². The zero-order valence-electron chi connectivity index (χ0n) is 13.0. The van der Waals surface area contributed by atoms with Gasteiger partial charge in [-0.3, -0.25) is 0 Å². The molecule has 0 atom stereocenters. The predicted octanol–water partition coefficient (Wildman–Crippen LogP) is 2.72. The van der Waals surface area contributed by atoms with Gasteiger partial charge >= 0.3 is 12.1 Å². The molecule has 0 saturated carbocycles. The van der Waals surface area contributed by atoms with E-state index in [0.29, 0.717) is 5.69 Å². The molecule has 1 aromatic carbocycles. The van der Waals surface area contributed by atoms with E-state index in [1.165, 1.54) is 0 Å². The zero-order chi connectivity index (χ0) is 16.0. The molecule has 0 unspecified atom stereocenters. The van der Waals surface area contributed by atoms with Crippen molar-refractivity contribution in [1.29, 1.82) is 0 Å². The molecule has 0 aliphatic heterocycles. The second kappa shape index (κ2) is 7.08. The van der Waals surface area contributed by atoms with Crippen LogP contribution < -0.4 is 11.1 Å². The van der Waals surface area contributed by atoms with Crippen LogP contribution in [0.3, 0.4) is 0 Å². The molecule has 1 rings (SSSR count). The molecule has 0 saturated heterocycles. The van der Waals surface area contributed by atoms with Gasteiger partial charge in [0.2, 0.25) is 0 Å². The third-order valence-corrected chi connectivity index (χ3v) is 2.48. The Morgan fingerprint density at radius 3 is 2.52 bits per heavy atom. The summed E-state index contributed by atoms with van der Waals surface area (Å²) < 4.78 is 5.21. The van der Waals surface area contributed by atoms with Gasteiger partial charge in [0.1, 0.15) is 5.60 Å².